The number of nitrogens with one attached hydrogen (secondary N) is 2. The molecule has 0 amide bonds. The summed E-state index contributed by atoms with van der Waals surface area (Å²) in [5.41, 5.74) is 5.05. The first kappa shape index (κ1) is 20.0. The van der Waals surface area contributed by atoms with E-state index in [0.717, 1.165) is 44.9 Å². The molecule has 6 heteroatoms. The van der Waals surface area contributed by atoms with Crippen molar-refractivity contribution in [2.24, 2.45) is 12.0 Å². The van der Waals surface area contributed by atoms with Crippen LogP contribution in [-0.4, -0.2) is 33.9 Å². The van der Waals surface area contributed by atoms with Crippen LogP contribution < -0.4 is 10.6 Å². The predicted molar refractivity (Wildman–Crippen MR) is 117 cm³/mol. The van der Waals surface area contributed by atoms with Crippen molar-refractivity contribution in [3.8, 4) is 0 Å². The summed E-state index contributed by atoms with van der Waals surface area (Å²) in [5, 5.41) is 12.8. The van der Waals surface area contributed by atoms with E-state index in [1.54, 1.807) is 0 Å². The highest BCUT2D eigenvalue weighted by Crippen LogP contribution is 2.16. The Bertz CT molecular complexity index is 934. The fourth-order valence-corrected chi connectivity index (χ4v) is 3.78. The number of para-hydroxylation sites is 1. The van der Waals surface area contributed by atoms with Gasteiger partial charge in [-0.2, -0.15) is 5.10 Å². The smallest absolute Gasteiger partial charge is 0.191 e. The normalized spacial score (nSPS) is 11.9. The average Bonchev–Trinajstić information content (AvgIpc) is 3.27. The van der Waals surface area contributed by atoms with Gasteiger partial charge >= 0.3 is 0 Å². The molecule has 0 saturated heterocycles. The van der Waals surface area contributed by atoms with Crippen molar-refractivity contribution in [3.05, 3.63) is 53.5 Å². The van der Waals surface area contributed by atoms with Crippen molar-refractivity contribution < 1.29 is 0 Å². The van der Waals surface area contributed by atoms with Gasteiger partial charge in [-0.15, -0.1) is 0 Å². The minimum Gasteiger partial charge on any atom is -0.356 e. The summed E-state index contributed by atoms with van der Waals surface area (Å²) in [5.74, 6) is 0.838. The fraction of sp³-hybridized carbons (Fsp3) is 0.455. The molecule has 0 spiro atoms. The molecule has 0 aliphatic rings. The molecule has 6 nitrogen and oxygen atoms in total. The van der Waals surface area contributed by atoms with E-state index >= 15 is 0 Å². The quantitative estimate of drug-likeness (QED) is 0.358. The van der Waals surface area contributed by atoms with Gasteiger partial charge in [0, 0.05) is 56.7 Å². The Balaban J connectivity index is 1.50. The van der Waals surface area contributed by atoms with Crippen molar-refractivity contribution in [2.45, 2.75) is 46.2 Å². The van der Waals surface area contributed by atoms with Crippen LogP contribution in [0.5, 0.6) is 0 Å². The number of aliphatic imine (C=N–C) groups is 1. The number of fused-ring (bicyclic) bond motifs is 1. The van der Waals surface area contributed by atoms with Crippen LogP contribution in [0.15, 0.2) is 41.5 Å². The molecular weight excluding hydrogens is 348 g/mol. The van der Waals surface area contributed by atoms with Crippen LogP contribution in [0.3, 0.4) is 0 Å². The Morgan fingerprint density at radius 2 is 1.93 bits per heavy atom. The van der Waals surface area contributed by atoms with Gasteiger partial charge < -0.3 is 15.2 Å². The number of hydrogen-bond donors (Lipinski definition) is 2. The maximum Gasteiger partial charge on any atom is 0.191 e. The van der Waals surface area contributed by atoms with E-state index in [4.69, 9.17) is 0 Å². The van der Waals surface area contributed by atoms with E-state index in [9.17, 15) is 0 Å². The minimum atomic E-state index is 0.752. The minimum absolute atomic E-state index is 0.752. The lowest BCUT2D eigenvalue weighted by Crippen LogP contribution is -2.37. The van der Waals surface area contributed by atoms with E-state index in [1.807, 2.05) is 18.8 Å². The molecular formula is C22H32N6. The van der Waals surface area contributed by atoms with Gasteiger partial charge in [-0.05, 0) is 36.8 Å². The summed E-state index contributed by atoms with van der Waals surface area (Å²) in [6.45, 7) is 6.95. The second kappa shape index (κ2) is 9.44. The van der Waals surface area contributed by atoms with E-state index in [0.29, 0.717) is 0 Å². The van der Waals surface area contributed by atoms with Crippen molar-refractivity contribution in [2.75, 3.05) is 13.6 Å². The second-order valence-corrected chi connectivity index (χ2v) is 6.98. The van der Waals surface area contributed by atoms with E-state index in [-0.39, 0.29) is 0 Å². The monoisotopic (exact) mass is 380 g/mol. The van der Waals surface area contributed by atoms with Crippen LogP contribution in [0.1, 0.15) is 37.2 Å². The number of hydrogen-bond acceptors (Lipinski definition) is 2. The molecule has 0 radical (unpaired) electrons. The molecule has 0 fully saturated rings. The van der Waals surface area contributed by atoms with Crippen molar-refractivity contribution in [1.29, 1.82) is 0 Å². The zero-order valence-electron chi connectivity index (χ0n) is 17.5. The summed E-state index contributed by atoms with van der Waals surface area (Å²) in [6.07, 6.45) is 5.13. The van der Waals surface area contributed by atoms with Gasteiger partial charge in [0.1, 0.15) is 0 Å². The molecule has 2 N–H and O–H groups in total. The zero-order chi connectivity index (χ0) is 19.9. The Morgan fingerprint density at radius 3 is 2.68 bits per heavy atom. The van der Waals surface area contributed by atoms with Crippen molar-refractivity contribution in [3.63, 3.8) is 0 Å². The fourth-order valence-electron chi connectivity index (χ4n) is 3.78. The molecule has 3 rings (SSSR count). The number of aryl methyl sites for hydroxylation is 3. The summed E-state index contributed by atoms with van der Waals surface area (Å²) < 4.78 is 4.32. The van der Waals surface area contributed by atoms with Crippen LogP contribution in [0, 0.1) is 0 Å². The molecule has 0 aliphatic heterocycles. The van der Waals surface area contributed by atoms with Crippen LogP contribution >= 0.6 is 0 Å². The van der Waals surface area contributed by atoms with Gasteiger partial charge in [-0.1, -0.05) is 32.0 Å². The first-order valence-electron chi connectivity index (χ1n) is 10.2. The van der Waals surface area contributed by atoms with Crippen molar-refractivity contribution in [1.82, 2.24) is 25.0 Å². The number of benzene rings is 1. The summed E-state index contributed by atoms with van der Waals surface area (Å²) in [4.78, 5) is 4.37. The molecule has 0 saturated carbocycles. The highest BCUT2D eigenvalue weighted by atomic mass is 15.3. The molecule has 1 aromatic carbocycles. The number of rotatable bonds is 8. The molecule has 150 valence electrons. The third-order valence-corrected chi connectivity index (χ3v) is 5.23. The first-order valence-corrected chi connectivity index (χ1v) is 10.2. The third-order valence-electron chi connectivity index (χ3n) is 5.23. The molecule has 0 atom stereocenters. The first-order chi connectivity index (χ1) is 13.7. The van der Waals surface area contributed by atoms with E-state index < -0.39 is 0 Å². The average molecular weight is 381 g/mol. The molecule has 2 heterocycles. The number of guanidine groups is 1. The third kappa shape index (κ3) is 4.38. The lowest BCUT2D eigenvalue weighted by molar-refractivity contribution is 0.640. The Kier molecular flexibility index (Phi) is 6.74. The highest BCUT2D eigenvalue weighted by molar-refractivity contribution is 5.80. The predicted octanol–water partition coefficient (Wildman–Crippen LogP) is 3.25. The maximum absolute atomic E-state index is 4.65. The number of aromatic nitrogens is 3. The molecule has 0 unspecified atom stereocenters. The van der Waals surface area contributed by atoms with Crippen LogP contribution in [-0.2, 0) is 33.0 Å². The van der Waals surface area contributed by atoms with E-state index in [1.165, 1.54) is 27.9 Å². The lowest BCUT2D eigenvalue weighted by atomic mass is 10.1. The summed E-state index contributed by atoms with van der Waals surface area (Å²) in [6, 6.07) is 10.7. The Hall–Kier alpha value is -2.76. The Labute approximate surface area is 167 Å². The molecule has 0 aliphatic carbocycles. The van der Waals surface area contributed by atoms with Gasteiger partial charge in [0.2, 0.25) is 0 Å². The van der Waals surface area contributed by atoms with Crippen LogP contribution in [0.25, 0.3) is 10.9 Å². The zero-order valence-corrected chi connectivity index (χ0v) is 17.5. The van der Waals surface area contributed by atoms with Crippen LogP contribution in [0.2, 0.25) is 0 Å². The van der Waals surface area contributed by atoms with Gasteiger partial charge in [0.15, 0.2) is 5.96 Å². The molecule has 28 heavy (non-hydrogen) atoms. The molecule has 2 aromatic heterocycles. The van der Waals surface area contributed by atoms with Gasteiger partial charge in [-0.3, -0.25) is 9.67 Å². The van der Waals surface area contributed by atoms with Gasteiger partial charge in [0.25, 0.3) is 0 Å². The highest BCUT2D eigenvalue weighted by Gasteiger charge is 2.13. The second-order valence-electron chi connectivity index (χ2n) is 6.98. The number of nitrogens with zero attached hydrogens (tertiary/aromatic N) is 4. The van der Waals surface area contributed by atoms with Gasteiger partial charge in [0.05, 0.1) is 5.69 Å². The van der Waals surface area contributed by atoms with E-state index in [2.05, 4.69) is 75.7 Å². The topological polar surface area (TPSA) is 59.2 Å². The standard InChI is InChI=1S/C22H32N6/c1-5-19-18(20(6-2)27(4)26-19)16-25-22(23-3)24-13-9-14-28-15-12-17-10-7-8-11-21(17)28/h7-8,10-12,15H,5-6,9,13-14,16H2,1-4H3,(H2,23,24,25). The molecule has 3 aromatic rings. The van der Waals surface area contributed by atoms with Gasteiger partial charge in [-0.25, -0.2) is 0 Å². The maximum atomic E-state index is 4.65. The SMILES string of the molecule is CCc1nn(C)c(CC)c1CNC(=NC)NCCCn1ccc2ccccc21. The van der Waals surface area contributed by atoms with Crippen LogP contribution in [0.4, 0.5) is 0 Å². The molecule has 0 bridgehead atoms. The lowest BCUT2D eigenvalue weighted by Gasteiger charge is -2.13. The summed E-state index contributed by atoms with van der Waals surface area (Å²) in [7, 11) is 3.85. The summed E-state index contributed by atoms with van der Waals surface area (Å²) >= 11 is 0. The van der Waals surface area contributed by atoms with Crippen molar-refractivity contribution >= 4 is 16.9 Å². The Morgan fingerprint density at radius 1 is 1.11 bits per heavy atom. The largest absolute Gasteiger partial charge is 0.356 e.